The van der Waals surface area contributed by atoms with E-state index in [1.165, 1.54) is 5.56 Å². The Kier molecular flexibility index (Phi) is 5.20. The van der Waals surface area contributed by atoms with Crippen LogP contribution in [0.5, 0.6) is 0 Å². The van der Waals surface area contributed by atoms with Gasteiger partial charge in [-0.05, 0) is 37.5 Å². The highest BCUT2D eigenvalue weighted by atomic mass is 16.4. The summed E-state index contributed by atoms with van der Waals surface area (Å²) in [5, 5.41) is 8.78. The van der Waals surface area contributed by atoms with Crippen molar-refractivity contribution in [3.8, 4) is 0 Å². The number of carboxylic acids is 1. The SMILES string of the molecule is CC(C)c1ccc(N(CCC(=O)O)C(C)C)cc1. The molecule has 0 spiro atoms. The first-order valence-corrected chi connectivity index (χ1v) is 6.50. The Bertz CT molecular complexity index is 382. The lowest BCUT2D eigenvalue weighted by molar-refractivity contribution is -0.136. The third-order valence-corrected chi connectivity index (χ3v) is 3.08. The highest BCUT2D eigenvalue weighted by Crippen LogP contribution is 2.21. The van der Waals surface area contributed by atoms with Crippen LogP contribution in [0.1, 0.15) is 45.6 Å². The van der Waals surface area contributed by atoms with Crippen LogP contribution in [0.2, 0.25) is 0 Å². The Morgan fingerprint density at radius 1 is 1.17 bits per heavy atom. The first-order valence-electron chi connectivity index (χ1n) is 6.50. The highest BCUT2D eigenvalue weighted by molar-refractivity contribution is 5.67. The minimum atomic E-state index is -0.751. The molecule has 1 aromatic carbocycles. The maximum atomic E-state index is 10.7. The van der Waals surface area contributed by atoms with Crippen molar-refractivity contribution in [2.24, 2.45) is 0 Å². The summed E-state index contributed by atoms with van der Waals surface area (Å²) in [5.74, 6) is -0.231. The zero-order valence-electron chi connectivity index (χ0n) is 11.7. The number of rotatable bonds is 6. The molecular weight excluding hydrogens is 226 g/mol. The molecule has 0 aliphatic rings. The van der Waals surface area contributed by atoms with Crippen molar-refractivity contribution in [1.29, 1.82) is 0 Å². The number of nitrogens with zero attached hydrogens (tertiary/aromatic N) is 1. The standard InChI is InChI=1S/C15H23NO2/c1-11(2)13-5-7-14(8-6-13)16(12(3)4)10-9-15(17)18/h5-8,11-12H,9-10H2,1-4H3,(H,17,18). The second kappa shape index (κ2) is 6.43. The number of hydrogen-bond donors (Lipinski definition) is 1. The van der Waals surface area contributed by atoms with Gasteiger partial charge in [-0.25, -0.2) is 0 Å². The molecule has 3 nitrogen and oxygen atoms in total. The minimum Gasteiger partial charge on any atom is -0.481 e. The zero-order chi connectivity index (χ0) is 13.7. The minimum absolute atomic E-state index is 0.171. The Balaban J connectivity index is 2.82. The summed E-state index contributed by atoms with van der Waals surface area (Å²) in [4.78, 5) is 12.8. The molecule has 0 saturated carbocycles. The Morgan fingerprint density at radius 3 is 2.11 bits per heavy atom. The van der Waals surface area contributed by atoms with Gasteiger partial charge in [0, 0.05) is 18.3 Å². The first-order chi connectivity index (χ1) is 8.41. The molecule has 18 heavy (non-hydrogen) atoms. The smallest absolute Gasteiger partial charge is 0.305 e. The van der Waals surface area contributed by atoms with Crippen LogP contribution in [0, 0.1) is 0 Å². The number of anilines is 1. The van der Waals surface area contributed by atoms with Gasteiger partial charge in [0.1, 0.15) is 0 Å². The summed E-state index contributed by atoms with van der Waals surface area (Å²) in [6, 6.07) is 8.70. The summed E-state index contributed by atoms with van der Waals surface area (Å²) in [6.45, 7) is 9.05. The van der Waals surface area contributed by atoms with Gasteiger partial charge < -0.3 is 10.0 Å². The molecule has 1 rings (SSSR count). The predicted octanol–water partition coefficient (Wildman–Crippen LogP) is 3.50. The van der Waals surface area contributed by atoms with Crippen molar-refractivity contribution in [3.05, 3.63) is 29.8 Å². The van der Waals surface area contributed by atoms with Crippen LogP contribution in [0.25, 0.3) is 0 Å². The Labute approximate surface area is 109 Å². The van der Waals surface area contributed by atoms with Crippen molar-refractivity contribution in [3.63, 3.8) is 0 Å². The summed E-state index contributed by atoms with van der Waals surface area (Å²) in [5.41, 5.74) is 2.40. The highest BCUT2D eigenvalue weighted by Gasteiger charge is 2.12. The molecule has 0 aliphatic carbocycles. The summed E-state index contributed by atoms with van der Waals surface area (Å²) in [7, 11) is 0. The number of hydrogen-bond acceptors (Lipinski definition) is 2. The average Bonchev–Trinajstić information content (AvgIpc) is 2.29. The van der Waals surface area contributed by atoms with Crippen LogP contribution in [0.4, 0.5) is 5.69 Å². The van der Waals surface area contributed by atoms with Gasteiger partial charge in [-0.15, -0.1) is 0 Å². The molecule has 0 amide bonds. The lowest BCUT2D eigenvalue weighted by Gasteiger charge is -2.28. The molecule has 0 aromatic heterocycles. The van der Waals surface area contributed by atoms with Crippen molar-refractivity contribution in [2.75, 3.05) is 11.4 Å². The number of aliphatic carboxylic acids is 1. The fraction of sp³-hybridized carbons (Fsp3) is 0.533. The van der Waals surface area contributed by atoms with Crippen molar-refractivity contribution < 1.29 is 9.90 Å². The lowest BCUT2D eigenvalue weighted by atomic mass is 10.0. The van der Waals surface area contributed by atoms with Crippen LogP contribution in [0.3, 0.4) is 0 Å². The molecule has 0 radical (unpaired) electrons. The molecule has 0 saturated heterocycles. The molecule has 0 aliphatic heterocycles. The second-order valence-corrected chi connectivity index (χ2v) is 5.18. The molecule has 1 N–H and O–H groups in total. The average molecular weight is 249 g/mol. The quantitative estimate of drug-likeness (QED) is 0.838. The number of carbonyl (C=O) groups is 1. The van der Waals surface area contributed by atoms with Gasteiger partial charge in [-0.2, -0.15) is 0 Å². The normalized spacial score (nSPS) is 11.0. The zero-order valence-corrected chi connectivity index (χ0v) is 11.7. The third kappa shape index (κ3) is 4.06. The van der Waals surface area contributed by atoms with E-state index in [0.717, 1.165) is 5.69 Å². The van der Waals surface area contributed by atoms with Gasteiger partial charge in [0.2, 0.25) is 0 Å². The van der Waals surface area contributed by atoms with Gasteiger partial charge in [-0.1, -0.05) is 26.0 Å². The van der Waals surface area contributed by atoms with Crippen molar-refractivity contribution in [2.45, 2.75) is 46.1 Å². The molecule has 0 unspecified atom stereocenters. The Hall–Kier alpha value is -1.51. The maximum absolute atomic E-state index is 10.7. The van der Waals surface area contributed by atoms with Crippen molar-refractivity contribution >= 4 is 11.7 Å². The second-order valence-electron chi connectivity index (χ2n) is 5.18. The van der Waals surface area contributed by atoms with Gasteiger partial charge >= 0.3 is 5.97 Å². The van der Waals surface area contributed by atoms with E-state index < -0.39 is 5.97 Å². The van der Waals surface area contributed by atoms with E-state index >= 15 is 0 Å². The van der Waals surface area contributed by atoms with Gasteiger partial charge in [0.15, 0.2) is 0 Å². The fourth-order valence-corrected chi connectivity index (χ4v) is 1.95. The van der Waals surface area contributed by atoms with Crippen molar-refractivity contribution in [1.82, 2.24) is 0 Å². The number of carboxylic acid groups (broad SMARTS) is 1. The predicted molar refractivity (Wildman–Crippen MR) is 75.3 cm³/mol. The topological polar surface area (TPSA) is 40.5 Å². The Morgan fingerprint density at radius 2 is 1.72 bits per heavy atom. The largest absolute Gasteiger partial charge is 0.481 e. The summed E-state index contributed by atoms with van der Waals surface area (Å²) in [6.07, 6.45) is 0.171. The van der Waals surface area contributed by atoms with E-state index in [0.29, 0.717) is 18.5 Å². The maximum Gasteiger partial charge on any atom is 0.305 e. The molecule has 100 valence electrons. The van der Waals surface area contributed by atoms with Crippen LogP contribution in [0.15, 0.2) is 24.3 Å². The van der Waals surface area contributed by atoms with Crippen LogP contribution < -0.4 is 4.90 Å². The van der Waals surface area contributed by atoms with E-state index in [4.69, 9.17) is 5.11 Å². The number of benzene rings is 1. The molecule has 0 atom stereocenters. The molecular formula is C15H23NO2. The van der Waals surface area contributed by atoms with E-state index in [1.54, 1.807) is 0 Å². The van der Waals surface area contributed by atoms with Crippen LogP contribution >= 0.6 is 0 Å². The molecule has 1 aromatic rings. The molecule has 0 heterocycles. The van der Waals surface area contributed by atoms with Gasteiger partial charge in [0.25, 0.3) is 0 Å². The molecule has 3 heteroatoms. The van der Waals surface area contributed by atoms with Gasteiger partial charge in [-0.3, -0.25) is 4.79 Å². The summed E-state index contributed by atoms with van der Waals surface area (Å²) < 4.78 is 0. The molecule has 0 fully saturated rings. The van der Waals surface area contributed by atoms with E-state index in [2.05, 4.69) is 56.9 Å². The van der Waals surface area contributed by atoms with E-state index in [1.807, 2.05) is 0 Å². The van der Waals surface area contributed by atoms with E-state index in [9.17, 15) is 4.79 Å². The van der Waals surface area contributed by atoms with E-state index in [-0.39, 0.29) is 6.42 Å². The summed E-state index contributed by atoms with van der Waals surface area (Å²) >= 11 is 0. The van der Waals surface area contributed by atoms with Gasteiger partial charge in [0.05, 0.1) is 6.42 Å². The monoisotopic (exact) mass is 249 g/mol. The lowest BCUT2D eigenvalue weighted by Crippen LogP contribution is -2.32. The fourth-order valence-electron chi connectivity index (χ4n) is 1.95. The first kappa shape index (κ1) is 14.6. The third-order valence-electron chi connectivity index (χ3n) is 3.08. The van der Waals surface area contributed by atoms with Crippen LogP contribution in [-0.4, -0.2) is 23.7 Å². The van der Waals surface area contributed by atoms with Crippen LogP contribution in [-0.2, 0) is 4.79 Å². The molecule has 0 bridgehead atoms.